The van der Waals surface area contributed by atoms with Gasteiger partial charge in [-0.2, -0.15) is 0 Å². The second kappa shape index (κ2) is 8.67. The second-order valence-electron chi connectivity index (χ2n) is 6.76. The van der Waals surface area contributed by atoms with Crippen LogP contribution in [0.3, 0.4) is 0 Å². The second-order valence-corrected chi connectivity index (χ2v) is 7.74. The van der Waals surface area contributed by atoms with Crippen LogP contribution in [0, 0.1) is 11.8 Å². The van der Waals surface area contributed by atoms with Gasteiger partial charge in [0.15, 0.2) is 5.96 Å². The first kappa shape index (κ1) is 19.0. The Morgan fingerprint density at radius 3 is 2.87 bits per heavy atom. The Balaban J connectivity index is 0.00000192. The van der Waals surface area contributed by atoms with Crippen molar-refractivity contribution >= 4 is 41.3 Å². The molecular formula is C17H29IN4S. The van der Waals surface area contributed by atoms with Crippen LogP contribution in [0.1, 0.15) is 37.1 Å². The van der Waals surface area contributed by atoms with Gasteiger partial charge in [-0.1, -0.05) is 13.0 Å². The number of aliphatic imine (C=N–C) groups is 1. The summed E-state index contributed by atoms with van der Waals surface area (Å²) in [7, 11) is 4.13. The average molecular weight is 448 g/mol. The Kier molecular flexibility index (Phi) is 7.16. The number of nitrogens with zero attached hydrogens (tertiary/aromatic N) is 2. The molecule has 0 spiro atoms. The van der Waals surface area contributed by atoms with Gasteiger partial charge >= 0.3 is 0 Å². The molecule has 1 aliphatic carbocycles. The summed E-state index contributed by atoms with van der Waals surface area (Å²) in [6.45, 7) is 4.48. The quantitative estimate of drug-likeness (QED) is 0.422. The molecule has 2 fully saturated rings. The molecule has 2 N–H and O–H groups in total. The lowest BCUT2D eigenvalue weighted by molar-refractivity contribution is 0.125. The van der Waals surface area contributed by atoms with E-state index in [0.29, 0.717) is 18.0 Å². The zero-order valence-corrected chi connectivity index (χ0v) is 17.4. The van der Waals surface area contributed by atoms with Crippen molar-refractivity contribution in [2.24, 2.45) is 16.8 Å². The van der Waals surface area contributed by atoms with Crippen LogP contribution in [0.15, 0.2) is 22.5 Å². The Hall–Kier alpha value is -0.340. The van der Waals surface area contributed by atoms with Crippen molar-refractivity contribution in [1.29, 1.82) is 0 Å². The third kappa shape index (κ3) is 4.82. The predicted octanol–water partition coefficient (Wildman–Crippen LogP) is 3.32. The molecule has 3 rings (SSSR count). The molecule has 0 bridgehead atoms. The number of halogens is 1. The van der Waals surface area contributed by atoms with Crippen LogP contribution in [-0.4, -0.2) is 44.1 Å². The average Bonchev–Trinajstić information content (AvgIpc) is 2.99. The van der Waals surface area contributed by atoms with E-state index in [4.69, 9.17) is 0 Å². The van der Waals surface area contributed by atoms with E-state index in [1.54, 1.807) is 0 Å². The fourth-order valence-corrected chi connectivity index (χ4v) is 4.49. The zero-order chi connectivity index (χ0) is 15.5. The summed E-state index contributed by atoms with van der Waals surface area (Å²) in [5.41, 5.74) is 0. The number of nitrogens with one attached hydrogen (secondary N) is 2. The molecule has 6 heteroatoms. The van der Waals surface area contributed by atoms with Gasteiger partial charge in [0.1, 0.15) is 0 Å². The minimum Gasteiger partial charge on any atom is -0.356 e. The van der Waals surface area contributed by atoms with E-state index in [1.807, 2.05) is 18.4 Å². The predicted molar refractivity (Wildman–Crippen MR) is 110 cm³/mol. The molecule has 1 saturated heterocycles. The smallest absolute Gasteiger partial charge is 0.191 e. The first-order valence-electron chi connectivity index (χ1n) is 8.40. The van der Waals surface area contributed by atoms with Gasteiger partial charge in [0, 0.05) is 30.6 Å². The molecule has 1 aliphatic heterocycles. The number of guanidine groups is 1. The lowest BCUT2D eigenvalue weighted by Gasteiger charge is -2.39. The topological polar surface area (TPSA) is 39.7 Å². The fraction of sp³-hybridized carbons (Fsp3) is 0.706. The molecule has 2 aliphatic rings. The van der Waals surface area contributed by atoms with E-state index in [2.05, 4.69) is 52.0 Å². The first-order chi connectivity index (χ1) is 10.7. The van der Waals surface area contributed by atoms with Gasteiger partial charge in [0.2, 0.25) is 0 Å². The summed E-state index contributed by atoms with van der Waals surface area (Å²) in [5, 5.41) is 9.27. The van der Waals surface area contributed by atoms with Gasteiger partial charge in [-0.25, -0.2) is 0 Å². The summed E-state index contributed by atoms with van der Waals surface area (Å²) in [6.07, 6.45) is 3.85. The summed E-state index contributed by atoms with van der Waals surface area (Å²) in [6, 6.07) is 5.61. The SMILES string of the molecule is CN=C(NCC1CCCN(C)C1c1cccs1)NC1CC1C.I. The Labute approximate surface area is 161 Å². The third-order valence-electron chi connectivity index (χ3n) is 5.03. The maximum absolute atomic E-state index is 4.38. The van der Waals surface area contributed by atoms with E-state index in [9.17, 15) is 0 Å². The number of rotatable bonds is 4. The van der Waals surface area contributed by atoms with Crippen LogP contribution in [-0.2, 0) is 0 Å². The van der Waals surface area contributed by atoms with Crippen LogP contribution in [0.25, 0.3) is 0 Å². The molecule has 1 aromatic heterocycles. The van der Waals surface area contributed by atoms with Gasteiger partial charge in [0.05, 0.1) is 0 Å². The zero-order valence-electron chi connectivity index (χ0n) is 14.3. The van der Waals surface area contributed by atoms with E-state index in [-0.39, 0.29) is 24.0 Å². The highest BCUT2D eigenvalue weighted by Gasteiger charge is 2.34. The molecule has 2 heterocycles. The number of likely N-dealkylation sites (tertiary alicyclic amines) is 1. The van der Waals surface area contributed by atoms with Crippen LogP contribution in [0.5, 0.6) is 0 Å². The van der Waals surface area contributed by atoms with Gasteiger partial charge in [0.25, 0.3) is 0 Å². The number of hydrogen-bond donors (Lipinski definition) is 2. The molecule has 4 unspecified atom stereocenters. The van der Waals surface area contributed by atoms with Crippen molar-refractivity contribution in [2.45, 2.75) is 38.3 Å². The number of thiophene rings is 1. The standard InChI is InChI=1S/C17H28N4S.HI/c1-12-10-14(12)20-17(18-2)19-11-13-6-4-8-21(3)16(13)15-7-5-9-22-15;/h5,7,9,12-14,16H,4,6,8,10-11H2,1-3H3,(H2,18,19,20);1H. The van der Waals surface area contributed by atoms with Gasteiger partial charge in [-0.3, -0.25) is 9.89 Å². The van der Waals surface area contributed by atoms with Gasteiger partial charge in [-0.15, -0.1) is 35.3 Å². The lowest BCUT2D eigenvalue weighted by Crippen LogP contribution is -2.45. The van der Waals surface area contributed by atoms with Crippen LogP contribution >= 0.6 is 35.3 Å². The Morgan fingerprint density at radius 1 is 1.48 bits per heavy atom. The van der Waals surface area contributed by atoms with Crippen molar-refractivity contribution in [1.82, 2.24) is 15.5 Å². The van der Waals surface area contributed by atoms with Crippen LogP contribution < -0.4 is 10.6 Å². The largest absolute Gasteiger partial charge is 0.356 e. The number of piperidine rings is 1. The van der Waals surface area contributed by atoms with Crippen molar-refractivity contribution in [3.63, 3.8) is 0 Å². The molecule has 1 saturated carbocycles. The number of hydrogen-bond acceptors (Lipinski definition) is 3. The molecule has 4 nitrogen and oxygen atoms in total. The highest BCUT2D eigenvalue weighted by Crippen LogP contribution is 2.36. The normalized spacial score (nSPS) is 31.3. The third-order valence-corrected chi connectivity index (χ3v) is 5.97. The summed E-state index contributed by atoms with van der Waals surface area (Å²) in [4.78, 5) is 8.39. The van der Waals surface area contributed by atoms with Crippen molar-refractivity contribution < 1.29 is 0 Å². The van der Waals surface area contributed by atoms with E-state index < -0.39 is 0 Å². The lowest BCUT2D eigenvalue weighted by atomic mass is 9.88. The highest BCUT2D eigenvalue weighted by molar-refractivity contribution is 14.0. The Morgan fingerprint density at radius 2 is 2.26 bits per heavy atom. The van der Waals surface area contributed by atoms with Crippen LogP contribution in [0.2, 0.25) is 0 Å². The van der Waals surface area contributed by atoms with Crippen molar-refractivity contribution in [2.75, 3.05) is 27.2 Å². The first-order valence-corrected chi connectivity index (χ1v) is 9.28. The monoisotopic (exact) mass is 448 g/mol. The molecule has 1 aromatic rings. The van der Waals surface area contributed by atoms with Crippen LogP contribution in [0.4, 0.5) is 0 Å². The summed E-state index contributed by atoms with van der Waals surface area (Å²) < 4.78 is 0. The molecule has 23 heavy (non-hydrogen) atoms. The summed E-state index contributed by atoms with van der Waals surface area (Å²) >= 11 is 1.88. The van der Waals surface area contributed by atoms with E-state index in [0.717, 1.165) is 18.4 Å². The van der Waals surface area contributed by atoms with Crippen molar-refractivity contribution in [3.8, 4) is 0 Å². The molecule has 0 amide bonds. The van der Waals surface area contributed by atoms with Gasteiger partial charge < -0.3 is 10.6 Å². The van der Waals surface area contributed by atoms with E-state index in [1.165, 1.54) is 30.7 Å². The highest BCUT2D eigenvalue weighted by atomic mass is 127. The maximum atomic E-state index is 4.38. The molecule has 0 radical (unpaired) electrons. The molecule has 130 valence electrons. The van der Waals surface area contributed by atoms with E-state index >= 15 is 0 Å². The molecule has 0 aromatic carbocycles. The fourth-order valence-electron chi connectivity index (χ4n) is 3.50. The minimum absolute atomic E-state index is 0. The Bertz CT molecular complexity index is 505. The van der Waals surface area contributed by atoms with Crippen molar-refractivity contribution in [3.05, 3.63) is 22.4 Å². The summed E-state index contributed by atoms with van der Waals surface area (Å²) in [5.74, 6) is 2.40. The minimum atomic E-state index is 0. The maximum Gasteiger partial charge on any atom is 0.191 e. The molecule has 4 atom stereocenters. The van der Waals surface area contributed by atoms with Gasteiger partial charge in [-0.05, 0) is 56.1 Å². The molecular weight excluding hydrogens is 419 g/mol.